The van der Waals surface area contributed by atoms with Gasteiger partial charge in [-0.25, -0.2) is 0 Å². The minimum absolute atomic E-state index is 0.139. The Morgan fingerprint density at radius 3 is 2.95 bits per heavy atom. The molecule has 0 aliphatic heterocycles. The summed E-state index contributed by atoms with van der Waals surface area (Å²) in [6.45, 7) is 0. The van der Waals surface area contributed by atoms with Crippen molar-refractivity contribution in [3.8, 4) is 0 Å². The number of rotatable bonds is 4. The van der Waals surface area contributed by atoms with Crippen LogP contribution in [0.3, 0.4) is 0 Å². The number of hydrogen-bond acceptors (Lipinski definition) is 6. The molecule has 0 saturated heterocycles. The van der Waals surface area contributed by atoms with Crippen molar-refractivity contribution in [2.24, 2.45) is 5.16 Å². The lowest BCUT2D eigenvalue weighted by Gasteiger charge is -2.10. The number of nitrogens with zero attached hydrogens (tertiary/aromatic N) is 3. The molecule has 0 fully saturated rings. The van der Waals surface area contributed by atoms with Gasteiger partial charge in [-0.1, -0.05) is 10.3 Å². The third-order valence-corrected chi connectivity index (χ3v) is 2.43. The topological polar surface area (TPSA) is 89.6 Å². The first-order valence-electron chi connectivity index (χ1n) is 5.77. The molecule has 2 aromatic rings. The molecule has 2 heterocycles. The fourth-order valence-corrected chi connectivity index (χ4v) is 1.52. The van der Waals surface area contributed by atoms with Gasteiger partial charge in [0.25, 0.3) is 5.91 Å². The SMILES string of the molecule is CON=Cc1cc(NC(=O)c2cnccc2C(F)(F)F)on1. The second-order valence-electron chi connectivity index (χ2n) is 3.91. The van der Waals surface area contributed by atoms with Crippen LogP contribution in [-0.2, 0) is 11.0 Å². The van der Waals surface area contributed by atoms with E-state index >= 15 is 0 Å². The van der Waals surface area contributed by atoms with Crippen LogP contribution in [0.2, 0.25) is 0 Å². The van der Waals surface area contributed by atoms with E-state index in [0.29, 0.717) is 6.07 Å². The first kappa shape index (κ1) is 15.5. The summed E-state index contributed by atoms with van der Waals surface area (Å²) in [6, 6.07) is 1.98. The lowest BCUT2D eigenvalue weighted by atomic mass is 10.1. The van der Waals surface area contributed by atoms with E-state index in [1.807, 2.05) is 0 Å². The fourth-order valence-electron chi connectivity index (χ4n) is 1.52. The normalized spacial score (nSPS) is 11.6. The summed E-state index contributed by atoms with van der Waals surface area (Å²) < 4.78 is 43.2. The molecule has 116 valence electrons. The van der Waals surface area contributed by atoms with E-state index in [1.165, 1.54) is 19.4 Å². The largest absolute Gasteiger partial charge is 0.417 e. The van der Waals surface area contributed by atoms with Crippen LogP contribution in [0, 0.1) is 0 Å². The average molecular weight is 314 g/mol. The second kappa shape index (κ2) is 6.24. The standard InChI is InChI=1S/C12H9F3N4O3/c1-21-17-5-7-4-10(22-19-7)18-11(20)8-6-16-3-2-9(8)12(13,14)15/h2-6H,1H3,(H,18,20). The monoisotopic (exact) mass is 314 g/mol. The molecular weight excluding hydrogens is 305 g/mol. The molecule has 7 nitrogen and oxygen atoms in total. The van der Waals surface area contributed by atoms with Crippen LogP contribution in [0.15, 0.2) is 34.2 Å². The number of aromatic nitrogens is 2. The fraction of sp³-hybridized carbons (Fsp3) is 0.167. The number of hydrogen-bond donors (Lipinski definition) is 1. The number of pyridine rings is 1. The van der Waals surface area contributed by atoms with E-state index in [9.17, 15) is 18.0 Å². The Morgan fingerprint density at radius 1 is 1.50 bits per heavy atom. The van der Waals surface area contributed by atoms with Crippen LogP contribution in [0.5, 0.6) is 0 Å². The molecule has 22 heavy (non-hydrogen) atoms. The number of nitrogens with one attached hydrogen (secondary N) is 1. The van der Waals surface area contributed by atoms with E-state index in [2.05, 4.69) is 25.5 Å². The molecule has 0 radical (unpaired) electrons. The van der Waals surface area contributed by atoms with Crippen molar-refractivity contribution in [3.63, 3.8) is 0 Å². The molecule has 0 saturated carbocycles. The molecule has 1 amide bonds. The Morgan fingerprint density at radius 2 is 2.27 bits per heavy atom. The third kappa shape index (κ3) is 3.59. The van der Waals surface area contributed by atoms with Gasteiger partial charge in [0.2, 0.25) is 5.88 Å². The predicted octanol–water partition coefficient (Wildman–Crippen LogP) is 2.32. The Kier molecular flexibility index (Phi) is 4.39. The number of alkyl halides is 3. The predicted molar refractivity (Wildman–Crippen MR) is 68.3 cm³/mol. The minimum Gasteiger partial charge on any atom is -0.399 e. The lowest BCUT2D eigenvalue weighted by Crippen LogP contribution is -2.18. The van der Waals surface area contributed by atoms with E-state index in [0.717, 1.165) is 12.4 Å². The summed E-state index contributed by atoms with van der Waals surface area (Å²) in [5, 5.41) is 9.09. The van der Waals surface area contributed by atoms with Crippen molar-refractivity contribution in [2.45, 2.75) is 6.18 Å². The highest BCUT2D eigenvalue weighted by molar-refractivity contribution is 6.04. The van der Waals surface area contributed by atoms with Crippen LogP contribution in [0.1, 0.15) is 21.6 Å². The van der Waals surface area contributed by atoms with Gasteiger partial charge in [-0.2, -0.15) is 13.2 Å². The van der Waals surface area contributed by atoms with Gasteiger partial charge in [0.1, 0.15) is 12.8 Å². The first-order chi connectivity index (χ1) is 10.4. The number of oxime groups is 1. The zero-order valence-electron chi connectivity index (χ0n) is 11.1. The quantitative estimate of drug-likeness (QED) is 0.691. The van der Waals surface area contributed by atoms with Gasteiger partial charge in [-0.15, -0.1) is 0 Å². The highest BCUT2D eigenvalue weighted by Gasteiger charge is 2.35. The van der Waals surface area contributed by atoms with Crippen molar-refractivity contribution >= 4 is 18.0 Å². The van der Waals surface area contributed by atoms with Crippen LogP contribution >= 0.6 is 0 Å². The van der Waals surface area contributed by atoms with E-state index in [4.69, 9.17) is 4.52 Å². The molecule has 2 aromatic heterocycles. The van der Waals surface area contributed by atoms with Gasteiger partial charge in [0.15, 0.2) is 0 Å². The smallest absolute Gasteiger partial charge is 0.399 e. The third-order valence-electron chi connectivity index (χ3n) is 2.43. The van der Waals surface area contributed by atoms with Crippen molar-refractivity contribution in [1.29, 1.82) is 0 Å². The molecule has 0 spiro atoms. The Bertz CT molecular complexity index is 697. The minimum atomic E-state index is -4.67. The van der Waals surface area contributed by atoms with Crippen LogP contribution in [0.25, 0.3) is 0 Å². The first-order valence-corrected chi connectivity index (χ1v) is 5.77. The molecular formula is C12H9F3N4O3. The summed E-state index contributed by atoms with van der Waals surface area (Å²) in [6.07, 6.45) is -1.70. The molecule has 1 N–H and O–H groups in total. The molecule has 0 bridgehead atoms. The maximum absolute atomic E-state index is 12.8. The zero-order chi connectivity index (χ0) is 16.2. The maximum atomic E-state index is 12.8. The van der Waals surface area contributed by atoms with Gasteiger partial charge in [0, 0.05) is 18.5 Å². The number of halogens is 3. The van der Waals surface area contributed by atoms with Crippen LogP contribution < -0.4 is 5.32 Å². The van der Waals surface area contributed by atoms with Crippen molar-refractivity contribution in [3.05, 3.63) is 41.3 Å². The van der Waals surface area contributed by atoms with E-state index in [1.54, 1.807) is 0 Å². The zero-order valence-corrected chi connectivity index (χ0v) is 11.1. The van der Waals surface area contributed by atoms with Gasteiger partial charge < -0.3 is 9.36 Å². The van der Waals surface area contributed by atoms with Gasteiger partial charge >= 0.3 is 6.18 Å². The highest BCUT2D eigenvalue weighted by atomic mass is 19.4. The molecule has 0 aromatic carbocycles. The van der Waals surface area contributed by atoms with Crippen LogP contribution in [-0.4, -0.2) is 29.4 Å². The molecule has 2 rings (SSSR count). The summed E-state index contributed by atoms with van der Waals surface area (Å²) in [7, 11) is 1.32. The maximum Gasteiger partial charge on any atom is 0.417 e. The number of anilines is 1. The number of carbonyl (C=O) groups is 1. The summed E-state index contributed by atoms with van der Waals surface area (Å²) >= 11 is 0. The Balaban J connectivity index is 2.20. The van der Waals surface area contributed by atoms with Crippen molar-refractivity contribution < 1.29 is 27.3 Å². The van der Waals surface area contributed by atoms with Crippen LogP contribution in [0.4, 0.5) is 19.1 Å². The summed E-state index contributed by atoms with van der Waals surface area (Å²) in [5.74, 6) is -1.16. The summed E-state index contributed by atoms with van der Waals surface area (Å²) in [4.78, 5) is 19.9. The summed E-state index contributed by atoms with van der Waals surface area (Å²) in [5.41, 5.74) is -1.50. The highest BCUT2D eigenvalue weighted by Crippen LogP contribution is 2.31. The average Bonchev–Trinajstić information content (AvgIpc) is 2.91. The van der Waals surface area contributed by atoms with Crippen molar-refractivity contribution in [1.82, 2.24) is 10.1 Å². The van der Waals surface area contributed by atoms with Gasteiger partial charge in [-0.3, -0.25) is 15.1 Å². The number of amides is 1. The Labute approximate surface area is 121 Å². The lowest BCUT2D eigenvalue weighted by molar-refractivity contribution is -0.138. The molecule has 0 aliphatic carbocycles. The molecule has 0 aliphatic rings. The molecule has 0 unspecified atom stereocenters. The van der Waals surface area contributed by atoms with E-state index < -0.39 is 23.2 Å². The van der Waals surface area contributed by atoms with Crippen molar-refractivity contribution in [2.75, 3.05) is 12.4 Å². The number of carbonyl (C=O) groups excluding carboxylic acids is 1. The molecule has 0 atom stereocenters. The Hall–Kier alpha value is -2.91. The van der Waals surface area contributed by atoms with Gasteiger partial charge in [0.05, 0.1) is 17.3 Å². The molecule has 10 heteroatoms. The second-order valence-corrected chi connectivity index (χ2v) is 3.91. The van der Waals surface area contributed by atoms with Gasteiger partial charge in [-0.05, 0) is 6.07 Å². The van der Waals surface area contributed by atoms with E-state index in [-0.39, 0.29) is 11.6 Å².